The average molecular weight is 393 g/mol. The molecule has 7 nitrogen and oxygen atoms in total. The summed E-state index contributed by atoms with van der Waals surface area (Å²) in [6.07, 6.45) is 3.43. The van der Waals surface area contributed by atoms with E-state index in [0.29, 0.717) is 23.1 Å². The third kappa shape index (κ3) is 3.59. The molecule has 1 aliphatic heterocycles. The first-order valence-electron chi connectivity index (χ1n) is 10.4. The Morgan fingerprint density at radius 2 is 1.86 bits per heavy atom. The average Bonchev–Trinajstić information content (AvgIpc) is 3.07. The van der Waals surface area contributed by atoms with Gasteiger partial charge in [-0.3, -0.25) is 4.90 Å². The van der Waals surface area contributed by atoms with Crippen molar-refractivity contribution in [2.75, 3.05) is 13.1 Å². The predicted molar refractivity (Wildman–Crippen MR) is 107 cm³/mol. The van der Waals surface area contributed by atoms with Gasteiger partial charge >= 0.3 is 0 Å². The number of likely N-dealkylation sites (tertiary alicyclic amines) is 1. The molecule has 0 radical (unpaired) electrons. The van der Waals surface area contributed by atoms with Crippen LogP contribution < -0.4 is 0 Å². The van der Waals surface area contributed by atoms with Crippen LogP contribution in [0.15, 0.2) is 39.3 Å². The summed E-state index contributed by atoms with van der Waals surface area (Å²) < 4.78 is 11.4. The van der Waals surface area contributed by atoms with Gasteiger partial charge < -0.3 is 8.94 Å². The summed E-state index contributed by atoms with van der Waals surface area (Å²) in [5.41, 5.74) is 1.19. The largest absolute Gasteiger partial charge is 0.420 e. The molecule has 2 fully saturated rings. The van der Waals surface area contributed by atoms with E-state index < -0.39 is 0 Å². The van der Waals surface area contributed by atoms with E-state index in [2.05, 4.69) is 46.0 Å². The molecule has 7 heteroatoms. The third-order valence-electron chi connectivity index (χ3n) is 6.28. The van der Waals surface area contributed by atoms with Gasteiger partial charge in [-0.2, -0.15) is 4.98 Å². The lowest BCUT2D eigenvalue weighted by Gasteiger charge is -2.31. The lowest BCUT2D eigenvalue weighted by atomic mass is 9.91. The van der Waals surface area contributed by atoms with Gasteiger partial charge in [0.2, 0.25) is 17.7 Å². The molecule has 3 heterocycles. The van der Waals surface area contributed by atoms with Crippen LogP contribution in [0.3, 0.4) is 0 Å². The van der Waals surface area contributed by atoms with Gasteiger partial charge in [0.25, 0.3) is 0 Å². The van der Waals surface area contributed by atoms with Crippen molar-refractivity contribution in [1.29, 1.82) is 0 Å². The normalized spacial score (nSPS) is 21.6. The molecule has 1 atom stereocenters. The van der Waals surface area contributed by atoms with Crippen molar-refractivity contribution in [1.82, 2.24) is 25.2 Å². The van der Waals surface area contributed by atoms with E-state index in [9.17, 15) is 0 Å². The van der Waals surface area contributed by atoms with Gasteiger partial charge in [-0.05, 0) is 49.9 Å². The molecule has 2 aliphatic rings. The van der Waals surface area contributed by atoms with Crippen molar-refractivity contribution < 1.29 is 8.94 Å². The Morgan fingerprint density at radius 1 is 1.10 bits per heavy atom. The van der Waals surface area contributed by atoms with Crippen LogP contribution in [-0.4, -0.2) is 38.3 Å². The number of hydrogen-bond donors (Lipinski definition) is 0. The van der Waals surface area contributed by atoms with Gasteiger partial charge in [-0.1, -0.05) is 44.1 Å². The number of hydrogen-bond acceptors (Lipinski definition) is 7. The van der Waals surface area contributed by atoms with E-state index in [1.165, 1.54) is 0 Å². The van der Waals surface area contributed by atoms with Gasteiger partial charge in [0.05, 0.1) is 6.54 Å². The number of aromatic nitrogens is 4. The Bertz CT molecular complexity index is 980. The molecule has 5 rings (SSSR count). The third-order valence-corrected chi connectivity index (χ3v) is 6.28. The SMILES string of the molecule is CC(C)(C)c1nc(CN2CCC3(CC2)C[C@@H]3c2nnc(-c3ccccc3)o2)no1. The number of rotatable bonds is 4. The maximum atomic E-state index is 6.01. The molecule has 1 spiro atoms. The van der Waals surface area contributed by atoms with Crippen LogP contribution in [0.2, 0.25) is 0 Å². The van der Waals surface area contributed by atoms with Crippen LogP contribution in [-0.2, 0) is 12.0 Å². The van der Waals surface area contributed by atoms with Gasteiger partial charge in [-0.15, -0.1) is 10.2 Å². The van der Waals surface area contributed by atoms with Crippen LogP contribution >= 0.6 is 0 Å². The summed E-state index contributed by atoms with van der Waals surface area (Å²) >= 11 is 0. The highest BCUT2D eigenvalue weighted by Gasteiger charge is 2.58. The van der Waals surface area contributed by atoms with Crippen molar-refractivity contribution in [2.24, 2.45) is 5.41 Å². The lowest BCUT2D eigenvalue weighted by molar-refractivity contribution is 0.155. The van der Waals surface area contributed by atoms with Crippen molar-refractivity contribution in [3.63, 3.8) is 0 Å². The second-order valence-electron chi connectivity index (χ2n) is 9.47. The van der Waals surface area contributed by atoms with E-state index in [-0.39, 0.29) is 5.41 Å². The van der Waals surface area contributed by atoms with E-state index in [4.69, 9.17) is 8.94 Å². The number of piperidine rings is 1. The molecule has 0 bridgehead atoms. The quantitative estimate of drug-likeness (QED) is 0.657. The highest BCUT2D eigenvalue weighted by atomic mass is 16.5. The molecule has 1 aliphatic carbocycles. The van der Waals surface area contributed by atoms with Gasteiger partial charge in [-0.25, -0.2) is 0 Å². The molecule has 2 aromatic heterocycles. The summed E-state index contributed by atoms with van der Waals surface area (Å²) in [4.78, 5) is 6.99. The minimum absolute atomic E-state index is 0.110. The molecule has 1 aromatic carbocycles. The zero-order valence-corrected chi connectivity index (χ0v) is 17.3. The van der Waals surface area contributed by atoms with E-state index in [0.717, 1.165) is 56.2 Å². The second-order valence-corrected chi connectivity index (χ2v) is 9.47. The molecule has 152 valence electrons. The van der Waals surface area contributed by atoms with Crippen LogP contribution in [0.25, 0.3) is 11.5 Å². The molecule has 1 saturated carbocycles. The monoisotopic (exact) mass is 393 g/mol. The van der Waals surface area contributed by atoms with Crippen LogP contribution in [0.5, 0.6) is 0 Å². The van der Waals surface area contributed by atoms with Gasteiger partial charge in [0.15, 0.2) is 5.82 Å². The molecule has 0 N–H and O–H groups in total. The fourth-order valence-electron chi connectivity index (χ4n) is 4.30. The summed E-state index contributed by atoms with van der Waals surface area (Å²) in [6.45, 7) is 9.08. The summed E-state index contributed by atoms with van der Waals surface area (Å²) in [6, 6.07) is 9.97. The van der Waals surface area contributed by atoms with Gasteiger partial charge in [0, 0.05) is 16.9 Å². The van der Waals surface area contributed by atoms with Crippen molar-refractivity contribution in [2.45, 2.75) is 57.9 Å². The molecule has 0 amide bonds. The highest BCUT2D eigenvalue weighted by molar-refractivity contribution is 5.51. The highest BCUT2D eigenvalue weighted by Crippen LogP contribution is 2.64. The number of benzene rings is 1. The first-order chi connectivity index (χ1) is 13.9. The van der Waals surface area contributed by atoms with E-state index >= 15 is 0 Å². The fourth-order valence-corrected chi connectivity index (χ4v) is 4.30. The smallest absolute Gasteiger partial charge is 0.247 e. The number of nitrogens with zero attached hydrogens (tertiary/aromatic N) is 5. The molecule has 29 heavy (non-hydrogen) atoms. The maximum Gasteiger partial charge on any atom is 0.247 e. The summed E-state index contributed by atoms with van der Waals surface area (Å²) in [7, 11) is 0. The lowest BCUT2D eigenvalue weighted by Crippen LogP contribution is -2.34. The fraction of sp³-hybridized carbons (Fsp3) is 0.545. The molecule has 3 aromatic rings. The van der Waals surface area contributed by atoms with Gasteiger partial charge in [0.1, 0.15) is 0 Å². The zero-order chi connectivity index (χ0) is 20.1. The maximum absolute atomic E-state index is 6.01. The molecule has 1 saturated heterocycles. The standard InChI is InChI=1S/C22H27N5O2/c1-21(2,3)20-23-17(26-29-20)14-27-11-9-22(10-12-27)13-16(22)19-25-24-18(28-19)15-7-5-4-6-8-15/h4-8,16H,9-14H2,1-3H3/t16-/m1/s1. The molecule has 0 unspecified atom stereocenters. The molecular weight excluding hydrogens is 366 g/mol. The molecular formula is C22H27N5O2. The Kier molecular flexibility index (Phi) is 4.31. The topological polar surface area (TPSA) is 81.1 Å². The minimum Gasteiger partial charge on any atom is -0.420 e. The van der Waals surface area contributed by atoms with Crippen molar-refractivity contribution in [3.8, 4) is 11.5 Å². The summed E-state index contributed by atoms with van der Waals surface area (Å²) in [5, 5.41) is 12.8. The Balaban J connectivity index is 1.19. The van der Waals surface area contributed by atoms with Crippen molar-refractivity contribution in [3.05, 3.63) is 47.9 Å². The Hall–Kier alpha value is -2.54. The first kappa shape index (κ1) is 18.5. The van der Waals surface area contributed by atoms with Crippen molar-refractivity contribution >= 4 is 0 Å². The van der Waals surface area contributed by atoms with E-state index in [1.807, 2.05) is 30.3 Å². The van der Waals surface area contributed by atoms with E-state index in [1.54, 1.807) is 0 Å². The Labute approximate surface area is 170 Å². The first-order valence-corrected chi connectivity index (χ1v) is 10.4. The van der Waals surface area contributed by atoms with Crippen LogP contribution in [0.1, 0.15) is 63.6 Å². The Morgan fingerprint density at radius 3 is 2.55 bits per heavy atom. The predicted octanol–water partition coefficient (Wildman–Crippen LogP) is 4.19. The van der Waals surface area contributed by atoms with Crippen LogP contribution in [0, 0.1) is 5.41 Å². The minimum atomic E-state index is -0.110. The van der Waals surface area contributed by atoms with Crippen LogP contribution in [0.4, 0.5) is 0 Å². The second kappa shape index (κ2) is 6.76. The summed E-state index contributed by atoms with van der Waals surface area (Å²) in [5.74, 6) is 3.29. The zero-order valence-electron chi connectivity index (χ0n) is 17.3.